The van der Waals surface area contributed by atoms with Crippen molar-refractivity contribution in [2.45, 2.75) is 32.1 Å². The molecule has 1 saturated heterocycles. The summed E-state index contributed by atoms with van der Waals surface area (Å²) in [5.41, 5.74) is 0.758. The summed E-state index contributed by atoms with van der Waals surface area (Å²) in [5.74, 6) is 1.20. The van der Waals surface area contributed by atoms with Crippen LogP contribution in [0.15, 0.2) is 59.1 Å². The van der Waals surface area contributed by atoms with Gasteiger partial charge >= 0.3 is 0 Å². The van der Waals surface area contributed by atoms with Crippen LogP contribution in [0.2, 0.25) is 0 Å². The van der Waals surface area contributed by atoms with Crippen LogP contribution in [0.25, 0.3) is 0 Å². The Morgan fingerprint density at radius 2 is 1.58 bits per heavy atom. The first-order chi connectivity index (χ1) is 15.0. The van der Waals surface area contributed by atoms with Crippen molar-refractivity contribution in [1.82, 2.24) is 9.80 Å². The molecule has 1 aliphatic heterocycles. The van der Waals surface area contributed by atoms with Gasteiger partial charge in [0.25, 0.3) is 0 Å². The first-order valence-electron chi connectivity index (χ1n) is 11.3. The lowest BCUT2D eigenvalue weighted by molar-refractivity contribution is 0.114. The standard InChI is InChI=1S/C26H34BrN3O/c1-22(2)26(21-28,23-9-4-3-5-10-23)13-8-14-29-15-17-30(18-16-29)19-20-31-25-12-7-6-11-24(25)27/h3-7,9-12,22H,8,13-20H2,1-2H3. The van der Waals surface area contributed by atoms with Gasteiger partial charge in [0, 0.05) is 32.7 Å². The van der Waals surface area contributed by atoms with Gasteiger partial charge in [-0.1, -0.05) is 56.3 Å². The van der Waals surface area contributed by atoms with Crippen molar-refractivity contribution in [3.63, 3.8) is 0 Å². The maximum atomic E-state index is 10.1. The highest BCUT2D eigenvalue weighted by Crippen LogP contribution is 2.36. The fourth-order valence-electron chi connectivity index (χ4n) is 4.42. The maximum Gasteiger partial charge on any atom is 0.133 e. The third kappa shape index (κ3) is 6.32. The summed E-state index contributed by atoms with van der Waals surface area (Å²) in [6, 6.07) is 21.0. The van der Waals surface area contributed by atoms with Crippen molar-refractivity contribution >= 4 is 15.9 Å². The number of benzene rings is 2. The molecule has 0 aromatic heterocycles. The van der Waals surface area contributed by atoms with Crippen LogP contribution in [-0.4, -0.2) is 55.7 Å². The largest absolute Gasteiger partial charge is 0.491 e. The molecule has 0 aliphatic carbocycles. The van der Waals surface area contributed by atoms with Crippen molar-refractivity contribution < 1.29 is 4.74 Å². The van der Waals surface area contributed by atoms with Crippen LogP contribution >= 0.6 is 15.9 Å². The van der Waals surface area contributed by atoms with Gasteiger partial charge in [0.15, 0.2) is 0 Å². The molecule has 5 heteroatoms. The predicted molar refractivity (Wildman–Crippen MR) is 130 cm³/mol. The summed E-state index contributed by atoms with van der Waals surface area (Å²) in [7, 11) is 0. The molecule has 4 nitrogen and oxygen atoms in total. The van der Waals surface area contributed by atoms with Gasteiger partial charge in [0.05, 0.1) is 16.0 Å². The van der Waals surface area contributed by atoms with E-state index in [1.54, 1.807) is 0 Å². The Kier molecular flexibility index (Phi) is 8.95. The Morgan fingerprint density at radius 3 is 2.19 bits per heavy atom. The molecule has 1 fully saturated rings. The van der Waals surface area contributed by atoms with Crippen LogP contribution in [0, 0.1) is 17.2 Å². The molecule has 1 atom stereocenters. The van der Waals surface area contributed by atoms with Crippen LogP contribution in [-0.2, 0) is 5.41 Å². The molecule has 0 bridgehead atoms. The maximum absolute atomic E-state index is 10.1. The highest BCUT2D eigenvalue weighted by atomic mass is 79.9. The Morgan fingerprint density at radius 1 is 0.968 bits per heavy atom. The summed E-state index contributed by atoms with van der Waals surface area (Å²) < 4.78 is 6.92. The number of para-hydroxylation sites is 1. The van der Waals surface area contributed by atoms with Crippen LogP contribution in [0.5, 0.6) is 5.75 Å². The van der Waals surface area contributed by atoms with Crippen molar-refractivity contribution in [1.29, 1.82) is 5.26 Å². The van der Waals surface area contributed by atoms with Crippen LogP contribution in [0.3, 0.4) is 0 Å². The zero-order valence-corrected chi connectivity index (χ0v) is 20.4. The molecule has 166 valence electrons. The number of nitriles is 1. The number of hydrogen-bond donors (Lipinski definition) is 0. The predicted octanol–water partition coefficient (Wildman–Crippen LogP) is 5.34. The third-order valence-corrected chi connectivity index (χ3v) is 7.14. The minimum atomic E-state index is -0.397. The molecule has 0 N–H and O–H groups in total. The van der Waals surface area contributed by atoms with Crippen molar-refractivity contribution in [3.8, 4) is 11.8 Å². The van der Waals surface area contributed by atoms with Gasteiger partial charge < -0.3 is 9.64 Å². The average Bonchev–Trinajstić information content (AvgIpc) is 2.79. The summed E-state index contributed by atoms with van der Waals surface area (Å²) in [6.07, 6.45) is 1.96. The topological polar surface area (TPSA) is 39.5 Å². The number of ether oxygens (including phenoxy) is 1. The van der Waals surface area contributed by atoms with E-state index in [1.165, 1.54) is 0 Å². The summed E-state index contributed by atoms with van der Waals surface area (Å²) in [5, 5.41) is 10.1. The SMILES string of the molecule is CC(C)C(C#N)(CCCN1CCN(CCOc2ccccc2Br)CC1)c1ccccc1. The van der Waals surface area contributed by atoms with Crippen LogP contribution < -0.4 is 4.74 Å². The fourth-order valence-corrected chi connectivity index (χ4v) is 4.82. The molecule has 1 heterocycles. The molecule has 0 amide bonds. The zero-order chi connectivity index (χ0) is 22.1. The van der Waals surface area contributed by atoms with E-state index >= 15 is 0 Å². The number of piperazine rings is 1. The molecule has 3 rings (SSSR count). The van der Waals surface area contributed by atoms with E-state index in [0.717, 1.165) is 67.9 Å². The molecule has 0 spiro atoms. The van der Waals surface area contributed by atoms with Crippen molar-refractivity contribution in [3.05, 3.63) is 64.6 Å². The lowest BCUT2D eigenvalue weighted by Crippen LogP contribution is -2.47. The van der Waals surface area contributed by atoms with E-state index < -0.39 is 5.41 Å². The molecule has 2 aromatic carbocycles. The van der Waals surface area contributed by atoms with Gasteiger partial charge in [0.1, 0.15) is 12.4 Å². The molecule has 2 aromatic rings. The Bertz CT molecular complexity index is 843. The second-order valence-electron chi connectivity index (χ2n) is 8.67. The molecule has 1 aliphatic rings. The lowest BCUT2D eigenvalue weighted by atomic mass is 9.70. The Labute approximate surface area is 195 Å². The van der Waals surface area contributed by atoms with Gasteiger partial charge in [-0.3, -0.25) is 4.90 Å². The molecule has 31 heavy (non-hydrogen) atoms. The molecular formula is C26H34BrN3O. The Hall–Kier alpha value is -1.87. The Balaban J connectivity index is 1.41. The van der Waals surface area contributed by atoms with Crippen molar-refractivity contribution in [2.75, 3.05) is 45.9 Å². The summed E-state index contributed by atoms with van der Waals surface area (Å²) >= 11 is 3.53. The smallest absolute Gasteiger partial charge is 0.133 e. The van der Waals surface area contributed by atoms with Gasteiger partial charge in [-0.2, -0.15) is 5.26 Å². The first kappa shape index (κ1) is 23.8. The quantitative estimate of drug-likeness (QED) is 0.456. The molecule has 1 unspecified atom stereocenters. The minimum Gasteiger partial charge on any atom is -0.491 e. The third-order valence-electron chi connectivity index (χ3n) is 6.49. The van der Waals surface area contributed by atoms with Gasteiger partial charge in [0.2, 0.25) is 0 Å². The number of halogens is 1. The minimum absolute atomic E-state index is 0.293. The van der Waals surface area contributed by atoms with E-state index in [0.29, 0.717) is 12.5 Å². The van der Waals surface area contributed by atoms with E-state index in [1.807, 2.05) is 42.5 Å². The van der Waals surface area contributed by atoms with Gasteiger partial charge in [-0.25, -0.2) is 0 Å². The average molecular weight is 484 g/mol. The van der Waals surface area contributed by atoms with E-state index in [-0.39, 0.29) is 0 Å². The highest BCUT2D eigenvalue weighted by Gasteiger charge is 2.35. The number of hydrogen-bond acceptors (Lipinski definition) is 4. The normalized spacial score (nSPS) is 17.3. The van der Waals surface area contributed by atoms with Gasteiger partial charge in [-0.05, 0) is 58.9 Å². The van der Waals surface area contributed by atoms with Crippen LogP contribution in [0.1, 0.15) is 32.3 Å². The second kappa shape index (κ2) is 11.7. The van der Waals surface area contributed by atoms with E-state index in [9.17, 15) is 5.26 Å². The number of nitrogens with zero attached hydrogens (tertiary/aromatic N) is 3. The molecule has 0 saturated carbocycles. The lowest BCUT2D eigenvalue weighted by Gasteiger charge is -2.36. The molecule has 0 radical (unpaired) electrons. The van der Waals surface area contributed by atoms with Crippen LogP contribution in [0.4, 0.5) is 0 Å². The molecular weight excluding hydrogens is 450 g/mol. The summed E-state index contributed by atoms with van der Waals surface area (Å²) in [4.78, 5) is 5.02. The van der Waals surface area contributed by atoms with E-state index in [2.05, 4.69) is 57.8 Å². The monoisotopic (exact) mass is 483 g/mol. The second-order valence-corrected chi connectivity index (χ2v) is 9.52. The number of rotatable bonds is 10. The fraction of sp³-hybridized carbons (Fsp3) is 0.500. The zero-order valence-electron chi connectivity index (χ0n) is 18.8. The highest BCUT2D eigenvalue weighted by molar-refractivity contribution is 9.10. The van der Waals surface area contributed by atoms with Crippen molar-refractivity contribution in [2.24, 2.45) is 5.92 Å². The summed E-state index contributed by atoms with van der Waals surface area (Å²) in [6.45, 7) is 11.4. The van der Waals surface area contributed by atoms with Gasteiger partial charge in [-0.15, -0.1) is 0 Å². The van der Waals surface area contributed by atoms with E-state index in [4.69, 9.17) is 4.74 Å². The first-order valence-corrected chi connectivity index (χ1v) is 12.1.